The Morgan fingerprint density at radius 2 is 1.79 bits per heavy atom. The maximum atomic E-state index is 13.1. The molecule has 1 saturated heterocycles. The van der Waals surface area contributed by atoms with Gasteiger partial charge >= 0.3 is 0 Å². The van der Waals surface area contributed by atoms with Crippen LogP contribution in [0, 0.1) is 5.82 Å². The van der Waals surface area contributed by atoms with Gasteiger partial charge < -0.3 is 15.5 Å². The third-order valence-electron chi connectivity index (χ3n) is 5.62. The molecule has 0 aromatic heterocycles. The predicted octanol–water partition coefficient (Wildman–Crippen LogP) is 3.74. The van der Waals surface area contributed by atoms with Gasteiger partial charge in [-0.1, -0.05) is 23.9 Å². The van der Waals surface area contributed by atoms with Crippen LogP contribution in [0.2, 0.25) is 0 Å². The average molecular weight is 469 g/mol. The van der Waals surface area contributed by atoms with E-state index in [2.05, 4.69) is 20.5 Å². The van der Waals surface area contributed by atoms with Crippen molar-refractivity contribution in [3.63, 3.8) is 0 Å². The van der Waals surface area contributed by atoms with Gasteiger partial charge in [0.25, 0.3) is 11.8 Å². The first-order valence-electron chi connectivity index (χ1n) is 10.9. The summed E-state index contributed by atoms with van der Waals surface area (Å²) in [6.07, 6.45) is 2.23. The van der Waals surface area contributed by atoms with Crippen LogP contribution in [-0.2, 0) is 9.59 Å². The second-order valence-corrected chi connectivity index (χ2v) is 9.28. The Hall–Kier alpha value is -3.20. The number of benzene rings is 2. The molecule has 172 valence electrons. The number of amidine groups is 1. The molecule has 0 aliphatic carbocycles. The van der Waals surface area contributed by atoms with Crippen molar-refractivity contribution in [2.45, 2.75) is 37.5 Å². The molecule has 0 spiro atoms. The van der Waals surface area contributed by atoms with E-state index in [0.29, 0.717) is 11.3 Å². The van der Waals surface area contributed by atoms with E-state index in [0.717, 1.165) is 36.7 Å². The van der Waals surface area contributed by atoms with Gasteiger partial charge in [-0.3, -0.25) is 14.4 Å². The Labute approximate surface area is 195 Å². The van der Waals surface area contributed by atoms with Crippen LogP contribution in [0.1, 0.15) is 48.1 Å². The number of halogens is 1. The van der Waals surface area contributed by atoms with Gasteiger partial charge in [0.05, 0.1) is 6.04 Å². The molecule has 0 saturated carbocycles. The molecule has 2 aromatic rings. The molecular weight excluding hydrogens is 443 g/mol. The van der Waals surface area contributed by atoms with Crippen molar-refractivity contribution in [1.82, 2.24) is 10.2 Å². The van der Waals surface area contributed by atoms with E-state index in [1.807, 2.05) is 6.92 Å². The Morgan fingerprint density at radius 1 is 1.12 bits per heavy atom. The molecule has 2 N–H and O–H groups in total. The van der Waals surface area contributed by atoms with Gasteiger partial charge in [-0.2, -0.15) is 4.99 Å². The summed E-state index contributed by atoms with van der Waals surface area (Å²) in [6.45, 7) is 3.63. The lowest BCUT2D eigenvalue weighted by Crippen LogP contribution is -2.26. The van der Waals surface area contributed by atoms with Gasteiger partial charge in [-0.15, -0.1) is 0 Å². The molecule has 33 heavy (non-hydrogen) atoms. The fourth-order valence-electron chi connectivity index (χ4n) is 3.75. The normalized spacial score (nSPS) is 18.7. The molecular formula is C24H25FN4O3S. The molecule has 0 bridgehead atoms. The lowest BCUT2D eigenvalue weighted by Gasteiger charge is -2.16. The number of carbonyl (C=O) groups is 3. The van der Waals surface area contributed by atoms with Crippen molar-refractivity contribution < 1.29 is 18.8 Å². The first-order valence-corrected chi connectivity index (χ1v) is 11.8. The highest BCUT2D eigenvalue weighted by Gasteiger charge is 2.33. The number of nitrogens with zero attached hydrogens (tertiary/aromatic N) is 2. The summed E-state index contributed by atoms with van der Waals surface area (Å²) in [7, 11) is 0. The number of hydrogen-bond acceptors (Lipinski definition) is 5. The zero-order chi connectivity index (χ0) is 23.4. The summed E-state index contributed by atoms with van der Waals surface area (Å²) in [5, 5.41) is 5.86. The number of carbonyl (C=O) groups excluding carboxylic acids is 3. The van der Waals surface area contributed by atoms with Gasteiger partial charge in [0.1, 0.15) is 11.1 Å². The van der Waals surface area contributed by atoms with Crippen molar-refractivity contribution in [2.24, 2.45) is 4.99 Å². The third kappa shape index (κ3) is 5.78. The molecule has 2 aromatic carbocycles. The van der Waals surface area contributed by atoms with Gasteiger partial charge in [-0.05, 0) is 61.7 Å². The Morgan fingerprint density at radius 3 is 2.45 bits per heavy atom. The largest absolute Gasteiger partial charge is 0.351 e. The molecule has 7 nitrogen and oxygen atoms in total. The lowest BCUT2D eigenvalue weighted by molar-refractivity contribution is -0.121. The minimum Gasteiger partial charge on any atom is -0.351 e. The SMILES string of the molecule is C[C@@H](NC(=O)c1ccc(NC(=O)C[C@H]2SC(N3CCCC3)=NC2=O)cc1)c1ccc(F)cc1. The predicted molar refractivity (Wildman–Crippen MR) is 127 cm³/mol. The minimum atomic E-state index is -0.501. The van der Waals surface area contributed by atoms with E-state index in [-0.39, 0.29) is 36.0 Å². The zero-order valence-corrected chi connectivity index (χ0v) is 19.0. The molecule has 9 heteroatoms. The first-order chi connectivity index (χ1) is 15.9. The van der Waals surface area contributed by atoms with E-state index in [9.17, 15) is 18.8 Å². The van der Waals surface area contributed by atoms with E-state index >= 15 is 0 Å². The van der Waals surface area contributed by atoms with Crippen molar-refractivity contribution in [2.75, 3.05) is 18.4 Å². The minimum absolute atomic E-state index is 0.0434. The number of aliphatic imine (C=N–C) groups is 1. The fraction of sp³-hybridized carbons (Fsp3) is 0.333. The average Bonchev–Trinajstić information content (AvgIpc) is 3.45. The van der Waals surface area contributed by atoms with Crippen molar-refractivity contribution in [1.29, 1.82) is 0 Å². The Bertz CT molecular complexity index is 1070. The van der Waals surface area contributed by atoms with E-state index in [1.165, 1.54) is 23.9 Å². The Balaban J connectivity index is 1.27. The topological polar surface area (TPSA) is 90.9 Å². The third-order valence-corrected chi connectivity index (χ3v) is 6.84. The van der Waals surface area contributed by atoms with Crippen LogP contribution in [0.25, 0.3) is 0 Å². The number of amides is 3. The van der Waals surface area contributed by atoms with Gasteiger partial charge in [0.15, 0.2) is 5.17 Å². The number of anilines is 1. The van der Waals surface area contributed by atoms with Crippen molar-refractivity contribution in [3.05, 3.63) is 65.5 Å². The smallest absolute Gasteiger partial charge is 0.262 e. The maximum Gasteiger partial charge on any atom is 0.262 e. The number of hydrogen-bond donors (Lipinski definition) is 2. The second kappa shape index (κ2) is 10.2. The number of likely N-dealkylation sites (tertiary alicyclic amines) is 1. The number of rotatable bonds is 6. The summed E-state index contributed by atoms with van der Waals surface area (Å²) >= 11 is 1.36. The van der Waals surface area contributed by atoms with Crippen molar-refractivity contribution >= 4 is 40.3 Å². The molecule has 2 heterocycles. The van der Waals surface area contributed by atoms with Crippen LogP contribution in [0.15, 0.2) is 53.5 Å². The molecule has 2 aliphatic rings. The van der Waals surface area contributed by atoms with Gasteiger partial charge in [0, 0.05) is 30.8 Å². The van der Waals surface area contributed by atoms with Crippen LogP contribution < -0.4 is 10.6 Å². The molecule has 0 radical (unpaired) electrons. The van der Waals surface area contributed by atoms with Crippen molar-refractivity contribution in [3.8, 4) is 0 Å². The van der Waals surface area contributed by atoms with Crippen LogP contribution in [0.5, 0.6) is 0 Å². The fourth-order valence-corrected chi connectivity index (χ4v) is 4.87. The standard InChI is InChI=1S/C24H25FN4O3S/c1-15(16-4-8-18(25)9-5-16)26-22(31)17-6-10-19(11-7-17)27-21(30)14-20-23(32)28-24(33-20)29-12-2-3-13-29/h4-11,15,20H,2-3,12-14H2,1H3,(H,26,31)(H,27,30)/t15-,20-/m1/s1. The number of thioether (sulfide) groups is 1. The van der Waals surface area contributed by atoms with Crippen LogP contribution >= 0.6 is 11.8 Å². The zero-order valence-electron chi connectivity index (χ0n) is 18.2. The summed E-state index contributed by atoms with van der Waals surface area (Å²) in [6, 6.07) is 12.2. The van der Waals surface area contributed by atoms with Crippen LogP contribution in [0.3, 0.4) is 0 Å². The highest BCUT2D eigenvalue weighted by atomic mass is 32.2. The molecule has 3 amide bonds. The monoisotopic (exact) mass is 468 g/mol. The maximum absolute atomic E-state index is 13.1. The first kappa shape index (κ1) is 23.0. The van der Waals surface area contributed by atoms with E-state index < -0.39 is 5.25 Å². The number of nitrogens with one attached hydrogen (secondary N) is 2. The molecule has 2 atom stereocenters. The van der Waals surface area contributed by atoms with Gasteiger partial charge in [-0.25, -0.2) is 4.39 Å². The van der Waals surface area contributed by atoms with E-state index in [4.69, 9.17) is 0 Å². The quantitative estimate of drug-likeness (QED) is 0.674. The van der Waals surface area contributed by atoms with Crippen LogP contribution in [-0.4, -0.2) is 46.1 Å². The molecule has 4 rings (SSSR count). The second-order valence-electron chi connectivity index (χ2n) is 8.11. The molecule has 1 fully saturated rings. The van der Waals surface area contributed by atoms with Gasteiger partial charge in [0.2, 0.25) is 5.91 Å². The highest BCUT2D eigenvalue weighted by molar-refractivity contribution is 8.15. The van der Waals surface area contributed by atoms with Crippen LogP contribution in [0.4, 0.5) is 10.1 Å². The Kier molecular flexibility index (Phi) is 7.08. The highest BCUT2D eigenvalue weighted by Crippen LogP contribution is 2.29. The van der Waals surface area contributed by atoms with E-state index in [1.54, 1.807) is 36.4 Å². The summed E-state index contributed by atoms with van der Waals surface area (Å²) in [5.74, 6) is -1.14. The summed E-state index contributed by atoms with van der Waals surface area (Å²) in [5.41, 5.74) is 1.77. The lowest BCUT2D eigenvalue weighted by atomic mass is 10.1. The molecule has 2 aliphatic heterocycles. The summed E-state index contributed by atoms with van der Waals surface area (Å²) in [4.78, 5) is 43.3. The summed E-state index contributed by atoms with van der Waals surface area (Å²) < 4.78 is 13.1. The molecule has 0 unspecified atom stereocenters.